The molecule has 0 unspecified atom stereocenters. The van der Waals surface area contributed by atoms with Crippen molar-refractivity contribution in [1.82, 2.24) is 5.32 Å². The van der Waals surface area contributed by atoms with Crippen LogP contribution < -0.4 is 5.32 Å². The highest BCUT2D eigenvalue weighted by Crippen LogP contribution is 2.24. The molecule has 0 aromatic heterocycles. The van der Waals surface area contributed by atoms with Crippen LogP contribution in [-0.4, -0.2) is 36.6 Å². The van der Waals surface area contributed by atoms with Gasteiger partial charge in [0.2, 0.25) is 0 Å². The van der Waals surface area contributed by atoms with Crippen molar-refractivity contribution in [2.75, 3.05) is 26.4 Å². The number of aliphatic hydroxyl groups is 1. The highest BCUT2D eigenvalue weighted by atomic mass is 35.5. The number of aromatic hydroxyl groups is 1. The van der Waals surface area contributed by atoms with Gasteiger partial charge in [0.1, 0.15) is 5.75 Å². The quantitative estimate of drug-likeness (QED) is 0.631. The maximum Gasteiger partial charge on any atom is 0.121 e. The first-order valence-electron chi connectivity index (χ1n) is 5.11. The van der Waals surface area contributed by atoms with Crippen molar-refractivity contribution in [3.8, 4) is 5.75 Å². The van der Waals surface area contributed by atoms with Crippen molar-refractivity contribution in [2.45, 2.75) is 6.54 Å². The molecule has 0 fully saturated rings. The molecule has 1 aromatic carbocycles. The Morgan fingerprint density at radius 2 is 2.12 bits per heavy atom. The zero-order valence-electron chi connectivity index (χ0n) is 8.95. The van der Waals surface area contributed by atoms with E-state index in [-0.39, 0.29) is 12.4 Å². The number of ether oxygens (including phenoxy) is 1. The summed E-state index contributed by atoms with van der Waals surface area (Å²) in [6.45, 7) is 2.04. The average Bonchev–Trinajstić information content (AvgIpc) is 2.26. The number of phenolic OH excluding ortho intramolecular Hbond substituents is 1. The van der Waals surface area contributed by atoms with E-state index in [1.54, 1.807) is 18.2 Å². The molecule has 0 spiro atoms. The summed E-state index contributed by atoms with van der Waals surface area (Å²) in [7, 11) is 0. The molecule has 0 heterocycles. The Labute approximate surface area is 99.8 Å². The van der Waals surface area contributed by atoms with Gasteiger partial charge in [-0.1, -0.05) is 17.7 Å². The normalized spacial score (nSPS) is 10.6. The Bertz CT molecular complexity index is 300. The van der Waals surface area contributed by atoms with Crippen molar-refractivity contribution in [3.63, 3.8) is 0 Å². The second-order valence-corrected chi connectivity index (χ2v) is 3.66. The zero-order chi connectivity index (χ0) is 11.8. The van der Waals surface area contributed by atoms with Crippen LogP contribution in [0.5, 0.6) is 5.75 Å². The van der Waals surface area contributed by atoms with E-state index < -0.39 is 0 Å². The van der Waals surface area contributed by atoms with Crippen LogP contribution in [0.25, 0.3) is 0 Å². The fraction of sp³-hybridized carbons (Fsp3) is 0.455. The Morgan fingerprint density at radius 1 is 1.31 bits per heavy atom. The third-order valence-electron chi connectivity index (χ3n) is 2.05. The van der Waals surface area contributed by atoms with Crippen LogP contribution in [0.3, 0.4) is 0 Å². The number of hydrogen-bond acceptors (Lipinski definition) is 4. The minimum Gasteiger partial charge on any atom is -0.508 e. The molecule has 0 bridgehead atoms. The number of benzene rings is 1. The standard InChI is InChI=1S/C11H16ClNO3/c12-10-2-1-3-11(15)9(10)8-13-4-6-16-7-5-14/h1-3,13-15H,4-8H2. The Balaban J connectivity index is 2.26. The predicted molar refractivity (Wildman–Crippen MR) is 62.7 cm³/mol. The number of rotatable bonds is 7. The van der Waals surface area contributed by atoms with E-state index in [1.807, 2.05) is 0 Å². The van der Waals surface area contributed by atoms with Gasteiger partial charge in [-0.2, -0.15) is 0 Å². The molecule has 0 aliphatic rings. The van der Waals surface area contributed by atoms with Crippen LogP contribution in [0, 0.1) is 0 Å². The van der Waals surface area contributed by atoms with Crippen molar-refractivity contribution in [2.24, 2.45) is 0 Å². The van der Waals surface area contributed by atoms with Gasteiger partial charge in [0, 0.05) is 23.7 Å². The fourth-order valence-corrected chi connectivity index (χ4v) is 1.48. The summed E-state index contributed by atoms with van der Waals surface area (Å²) in [5, 5.41) is 21.7. The SMILES string of the molecule is OCCOCCNCc1c(O)cccc1Cl. The number of halogens is 1. The van der Waals surface area contributed by atoms with Crippen molar-refractivity contribution < 1.29 is 14.9 Å². The maximum atomic E-state index is 9.54. The zero-order valence-corrected chi connectivity index (χ0v) is 9.70. The highest BCUT2D eigenvalue weighted by molar-refractivity contribution is 6.31. The van der Waals surface area contributed by atoms with Crippen LogP contribution in [0.4, 0.5) is 0 Å². The first kappa shape index (κ1) is 13.3. The van der Waals surface area contributed by atoms with Crippen LogP contribution in [0.2, 0.25) is 5.02 Å². The smallest absolute Gasteiger partial charge is 0.121 e. The summed E-state index contributed by atoms with van der Waals surface area (Å²) in [4.78, 5) is 0. The Kier molecular flexibility index (Phi) is 6.18. The molecule has 16 heavy (non-hydrogen) atoms. The van der Waals surface area contributed by atoms with Gasteiger partial charge in [0.05, 0.1) is 19.8 Å². The highest BCUT2D eigenvalue weighted by Gasteiger charge is 2.04. The molecule has 0 atom stereocenters. The van der Waals surface area contributed by atoms with Gasteiger partial charge < -0.3 is 20.3 Å². The lowest BCUT2D eigenvalue weighted by Gasteiger charge is -2.08. The Hall–Kier alpha value is -0.810. The van der Waals surface area contributed by atoms with Crippen molar-refractivity contribution in [1.29, 1.82) is 0 Å². The first-order chi connectivity index (χ1) is 7.75. The van der Waals surface area contributed by atoms with Gasteiger partial charge in [0.25, 0.3) is 0 Å². The van der Waals surface area contributed by atoms with Gasteiger partial charge in [-0.3, -0.25) is 0 Å². The summed E-state index contributed by atoms with van der Waals surface area (Å²) >= 11 is 5.93. The second-order valence-electron chi connectivity index (χ2n) is 3.25. The van der Waals surface area contributed by atoms with Gasteiger partial charge in [-0.25, -0.2) is 0 Å². The molecule has 0 saturated carbocycles. The van der Waals surface area contributed by atoms with Gasteiger partial charge >= 0.3 is 0 Å². The molecule has 0 amide bonds. The van der Waals surface area contributed by atoms with E-state index in [9.17, 15) is 5.11 Å². The summed E-state index contributed by atoms with van der Waals surface area (Å²) < 4.78 is 5.07. The van der Waals surface area contributed by atoms with Crippen molar-refractivity contribution in [3.05, 3.63) is 28.8 Å². The molecule has 0 aliphatic heterocycles. The Morgan fingerprint density at radius 3 is 2.81 bits per heavy atom. The van der Waals surface area contributed by atoms with E-state index in [1.165, 1.54) is 0 Å². The number of aliphatic hydroxyl groups excluding tert-OH is 1. The molecule has 3 N–H and O–H groups in total. The van der Waals surface area contributed by atoms with Crippen LogP contribution in [-0.2, 0) is 11.3 Å². The van der Waals surface area contributed by atoms with Crippen molar-refractivity contribution >= 4 is 11.6 Å². The molecule has 0 radical (unpaired) electrons. The third-order valence-corrected chi connectivity index (χ3v) is 2.41. The van der Waals surface area contributed by atoms with E-state index >= 15 is 0 Å². The van der Waals surface area contributed by atoms with Crippen LogP contribution in [0.1, 0.15) is 5.56 Å². The lowest BCUT2D eigenvalue weighted by molar-refractivity contribution is 0.0938. The minimum absolute atomic E-state index is 0.0330. The lowest BCUT2D eigenvalue weighted by atomic mass is 10.2. The molecule has 0 saturated heterocycles. The summed E-state index contributed by atoms with van der Waals surface area (Å²) in [5.41, 5.74) is 0.686. The first-order valence-corrected chi connectivity index (χ1v) is 5.49. The topological polar surface area (TPSA) is 61.7 Å². The molecule has 4 nitrogen and oxygen atoms in total. The lowest BCUT2D eigenvalue weighted by Crippen LogP contribution is -2.20. The minimum atomic E-state index is 0.0330. The molecule has 1 rings (SSSR count). The fourth-order valence-electron chi connectivity index (χ4n) is 1.25. The van der Waals surface area contributed by atoms with Crippen LogP contribution >= 0.6 is 11.6 Å². The second kappa shape index (κ2) is 7.46. The van der Waals surface area contributed by atoms with Gasteiger partial charge in [-0.15, -0.1) is 0 Å². The molecule has 5 heteroatoms. The van der Waals surface area contributed by atoms with E-state index in [0.29, 0.717) is 36.9 Å². The number of hydrogen-bond donors (Lipinski definition) is 3. The van der Waals surface area contributed by atoms with Gasteiger partial charge in [-0.05, 0) is 12.1 Å². The average molecular weight is 246 g/mol. The monoisotopic (exact) mass is 245 g/mol. The molecular formula is C11H16ClNO3. The number of nitrogens with one attached hydrogen (secondary N) is 1. The van der Waals surface area contributed by atoms with E-state index in [4.69, 9.17) is 21.4 Å². The molecule has 1 aromatic rings. The molecule has 90 valence electrons. The maximum absolute atomic E-state index is 9.54. The summed E-state index contributed by atoms with van der Waals surface area (Å²) in [6, 6.07) is 5.04. The predicted octanol–water partition coefficient (Wildman–Crippen LogP) is 1.14. The van der Waals surface area contributed by atoms with E-state index in [0.717, 1.165) is 0 Å². The number of phenols is 1. The summed E-state index contributed by atoms with van der Waals surface area (Å²) in [5.74, 6) is 0.191. The molecular weight excluding hydrogens is 230 g/mol. The van der Waals surface area contributed by atoms with Crippen LogP contribution in [0.15, 0.2) is 18.2 Å². The largest absolute Gasteiger partial charge is 0.508 e. The van der Waals surface area contributed by atoms with Gasteiger partial charge in [0.15, 0.2) is 0 Å². The third kappa shape index (κ3) is 4.37. The van der Waals surface area contributed by atoms with E-state index in [2.05, 4.69) is 5.32 Å². The summed E-state index contributed by atoms with van der Waals surface area (Å²) in [6.07, 6.45) is 0. The molecule has 0 aliphatic carbocycles.